The van der Waals surface area contributed by atoms with Crippen LogP contribution in [0.1, 0.15) is 6.92 Å². The predicted octanol–water partition coefficient (Wildman–Crippen LogP) is 0.417. The summed E-state index contributed by atoms with van der Waals surface area (Å²) in [4.78, 5) is 8.34. The first-order chi connectivity index (χ1) is 12.1. The number of nitrogens with one attached hydrogen (secondary N) is 3. The lowest BCUT2D eigenvalue weighted by Crippen LogP contribution is -2.39. The standard InChI is InChI=1S/C16H24N6O2S/c1-2-18-16(20-10-13-22-11-3-4-12-22)19-8-9-21-25(23,24)15-6-5-7-17-14-15/h3-7,11-12,14,21H,2,8-10,13H2,1H3,(H2,18,19,20). The van der Waals surface area contributed by atoms with Crippen LogP contribution in [0.4, 0.5) is 0 Å². The topological polar surface area (TPSA) is 100 Å². The molecule has 0 saturated carbocycles. The summed E-state index contributed by atoms with van der Waals surface area (Å²) in [5.41, 5.74) is 0. The van der Waals surface area contributed by atoms with Crippen molar-refractivity contribution in [1.29, 1.82) is 0 Å². The van der Waals surface area contributed by atoms with Crippen molar-refractivity contribution in [3.8, 4) is 0 Å². The van der Waals surface area contributed by atoms with Gasteiger partial charge in [0.1, 0.15) is 4.90 Å². The average Bonchev–Trinajstić information content (AvgIpc) is 3.13. The fraction of sp³-hybridized carbons (Fsp3) is 0.375. The maximum Gasteiger partial charge on any atom is 0.242 e. The van der Waals surface area contributed by atoms with E-state index in [-0.39, 0.29) is 11.4 Å². The number of sulfonamides is 1. The summed E-state index contributed by atoms with van der Waals surface area (Å²) in [5, 5.41) is 6.35. The normalized spacial score (nSPS) is 12.1. The van der Waals surface area contributed by atoms with E-state index in [9.17, 15) is 8.42 Å². The summed E-state index contributed by atoms with van der Waals surface area (Å²) in [6, 6.07) is 7.05. The lowest BCUT2D eigenvalue weighted by Gasteiger charge is -2.12. The third kappa shape index (κ3) is 6.55. The van der Waals surface area contributed by atoms with Crippen molar-refractivity contribution in [3.63, 3.8) is 0 Å². The second-order valence-electron chi connectivity index (χ2n) is 5.19. The Hall–Kier alpha value is -2.39. The summed E-state index contributed by atoms with van der Waals surface area (Å²) < 4.78 is 28.7. The maximum absolute atomic E-state index is 12.1. The first-order valence-corrected chi connectivity index (χ1v) is 9.63. The van der Waals surface area contributed by atoms with Gasteiger partial charge in [-0.2, -0.15) is 0 Å². The molecule has 136 valence electrons. The SMILES string of the molecule is CCNC(=NCCNS(=O)(=O)c1cccnc1)NCCn1cccc1. The second-order valence-corrected chi connectivity index (χ2v) is 6.96. The lowest BCUT2D eigenvalue weighted by atomic mass is 10.5. The average molecular weight is 364 g/mol. The number of hydrogen-bond donors (Lipinski definition) is 3. The van der Waals surface area contributed by atoms with Crippen LogP contribution < -0.4 is 15.4 Å². The molecule has 25 heavy (non-hydrogen) atoms. The number of hydrogen-bond acceptors (Lipinski definition) is 4. The summed E-state index contributed by atoms with van der Waals surface area (Å²) in [6.45, 7) is 4.81. The minimum absolute atomic E-state index is 0.149. The fourth-order valence-electron chi connectivity index (χ4n) is 2.10. The van der Waals surface area contributed by atoms with E-state index in [2.05, 4.69) is 29.9 Å². The Bertz CT molecular complexity index is 744. The molecule has 0 spiro atoms. The molecule has 0 amide bonds. The van der Waals surface area contributed by atoms with Gasteiger partial charge in [0.2, 0.25) is 10.0 Å². The molecule has 2 rings (SSSR count). The highest BCUT2D eigenvalue weighted by Gasteiger charge is 2.12. The van der Waals surface area contributed by atoms with Crippen molar-refractivity contribution in [2.45, 2.75) is 18.4 Å². The molecule has 0 aliphatic heterocycles. The van der Waals surface area contributed by atoms with Gasteiger partial charge in [-0.15, -0.1) is 0 Å². The van der Waals surface area contributed by atoms with E-state index in [1.807, 2.05) is 31.5 Å². The maximum atomic E-state index is 12.1. The fourth-order valence-corrected chi connectivity index (χ4v) is 3.09. The molecule has 0 radical (unpaired) electrons. The van der Waals surface area contributed by atoms with Crippen molar-refractivity contribution in [3.05, 3.63) is 49.1 Å². The second kappa shape index (κ2) is 9.80. The van der Waals surface area contributed by atoms with Crippen molar-refractivity contribution >= 4 is 16.0 Å². The van der Waals surface area contributed by atoms with Gasteiger partial charge in [-0.05, 0) is 31.2 Å². The number of rotatable bonds is 9. The molecular weight excluding hydrogens is 340 g/mol. The number of aliphatic imine (C=N–C) groups is 1. The highest BCUT2D eigenvalue weighted by Crippen LogP contribution is 2.04. The number of guanidine groups is 1. The van der Waals surface area contributed by atoms with Gasteiger partial charge in [-0.25, -0.2) is 13.1 Å². The molecule has 0 aliphatic rings. The van der Waals surface area contributed by atoms with Crippen LogP contribution in [-0.2, 0) is 16.6 Å². The van der Waals surface area contributed by atoms with Crippen molar-refractivity contribution in [2.24, 2.45) is 4.99 Å². The Morgan fingerprint density at radius 3 is 2.68 bits per heavy atom. The lowest BCUT2D eigenvalue weighted by molar-refractivity contribution is 0.581. The van der Waals surface area contributed by atoms with Gasteiger partial charge in [0.25, 0.3) is 0 Å². The van der Waals surface area contributed by atoms with E-state index >= 15 is 0 Å². The first-order valence-electron chi connectivity index (χ1n) is 8.14. The Labute approximate surface area is 148 Å². The van der Waals surface area contributed by atoms with Gasteiger partial charge >= 0.3 is 0 Å². The van der Waals surface area contributed by atoms with Crippen LogP contribution in [0.15, 0.2) is 58.9 Å². The van der Waals surface area contributed by atoms with E-state index in [1.54, 1.807) is 6.07 Å². The Morgan fingerprint density at radius 1 is 1.20 bits per heavy atom. The monoisotopic (exact) mass is 364 g/mol. The molecule has 0 aliphatic carbocycles. The highest BCUT2D eigenvalue weighted by atomic mass is 32.2. The molecule has 0 fully saturated rings. The van der Waals surface area contributed by atoms with Crippen LogP contribution in [0, 0.1) is 0 Å². The van der Waals surface area contributed by atoms with Gasteiger partial charge in [0.05, 0.1) is 6.54 Å². The number of nitrogens with zero attached hydrogens (tertiary/aromatic N) is 3. The van der Waals surface area contributed by atoms with Crippen LogP contribution in [0.5, 0.6) is 0 Å². The minimum Gasteiger partial charge on any atom is -0.357 e. The van der Waals surface area contributed by atoms with E-state index < -0.39 is 10.0 Å². The van der Waals surface area contributed by atoms with Gasteiger partial charge in [-0.3, -0.25) is 9.98 Å². The van der Waals surface area contributed by atoms with E-state index in [1.165, 1.54) is 18.5 Å². The Balaban J connectivity index is 1.78. The molecule has 0 unspecified atom stereocenters. The van der Waals surface area contributed by atoms with E-state index in [0.29, 0.717) is 12.5 Å². The van der Waals surface area contributed by atoms with Gasteiger partial charge in [-0.1, -0.05) is 0 Å². The molecule has 8 nitrogen and oxygen atoms in total. The third-order valence-electron chi connectivity index (χ3n) is 3.29. The third-order valence-corrected chi connectivity index (χ3v) is 4.74. The molecule has 2 aromatic heterocycles. The minimum atomic E-state index is -3.54. The number of aromatic nitrogens is 2. The zero-order valence-electron chi connectivity index (χ0n) is 14.2. The molecule has 0 bridgehead atoms. The van der Waals surface area contributed by atoms with Gasteiger partial charge < -0.3 is 15.2 Å². The highest BCUT2D eigenvalue weighted by molar-refractivity contribution is 7.89. The van der Waals surface area contributed by atoms with Crippen molar-refractivity contribution < 1.29 is 8.42 Å². The van der Waals surface area contributed by atoms with Crippen molar-refractivity contribution in [1.82, 2.24) is 24.9 Å². The largest absolute Gasteiger partial charge is 0.357 e. The molecular formula is C16H24N6O2S. The van der Waals surface area contributed by atoms with Crippen molar-refractivity contribution in [2.75, 3.05) is 26.2 Å². The van der Waals surface area contributed by atoms with Crippen LogP contribution >= 0.6 is 0 Å². The smallest absolute Gasteiger partial charge is 0.242 e. The van der Waals surface area contributed by atoms with Crippen LogP contribution in [0.2, 0.25) is 0 Å². The summed E-state index contributed by atoms with van der Waals surface area (Å²) in [6.07, 6.45) is 6.85. The molecule has 9 heteroatoms. The zero-order chi connectivity index (χ0) is 18.0. The molecule has 2 heterocycles. The summed E-state index contributed by atoms with van der Waals surface area (Å²) in [7, 11) is -3.54. The zero-order valence-corrected chi connectivity index (χ0v) is 15.0. The number of pyridine rings is 1. The van der Waals surface area contributed by atoms with Crippen LogP contribution in [0.3, 0.4) is 0 Å². The quantitative estimate of drug-likeness (QED) is 0.340. The van der Waals surface area contributed by atoms with Gasteiger partial charge in [0.15, 0.2) is 5.96 Å². The van der Waals surface area contributed by atoms with E-state index in [0.717, 1.165) is 19.6 Å². The van der Waals surface area contributed by atoms with E-state index in [4.69, 9.17) is 0 Å². The molecule has 2 aromatic rings. The van der Waals surface area contributed by atoms with Crippen LogP contribution in [0.25, 0.3) is 0 Å². The molecule has 0 atom stereocenters. The summed E-state index contributed by atoms with van der Waals surface area (Å²) in [5.74, 6) is 0.662. The Morgan fingerprint density at radius 2 is 2.00 bits per heavy atom. The predicted molar refractivity (Wildman–Crippen MR) is 97.8 cm³/mol. The Kier molecular flexibility index (Phi) is 7.42. The summed E-state index contributed by atoms with van der Waals surface area (Å²) >= 11 is 0. The van der Waals surface area contributed by atoms with Crippen LogP contribution in [-0.4, -0.2) is 50.1 Å². The molecule has 0 saturated heterocycles. The molecule has 0 aromatic carbocycles. The molecule has 3 N–H and O–H groups in total. The first kappa shape index (κ1) is 18.9. The van der Waals surface area contributed by atoms with Gasteiger partial charge in [0, 0.05) is 51.0 Å².